The number of carbonyl (C=O) groups is 2. The Hall–Kier alpha value is -0.910. The molecule has 26 heavy (non-hydrogen) atoms. The van der Waals surface area contributed by atoms with Gasteiger partial charge in [0.25, 0.3) is 0 Å². The number of nitrogens with zero attached hydrogens (tertiary/aromatic N) is 3. The van der Waals surface area contributed by atoms with Crippen molar-refractivity contribution in [3.63, 3.8) is 0 Å². The minimum Gasteiger partial charge on any atom is -1.00 e. The van der Waals surface area contributed by atoms with Crippen LogP contribution in [0, 0.1) is 5.92 Å². The van der Waals surface area contributed by atoms with Crippen LogP contribution in [0.15, 0.2) is 40.0 Å². The molecular formula is C15H16N3NaO5S2. The number of hydrogen-bond acceptors (Lipinski definition) is 6. The molecule has 0 spiro atoms. The molecular weight excluding hydrogens is 389 g/mol. The molecule has 3 atom stereocenters. The average Bonchev–Trinajstić information content (AvgIpc) is 2.91. The summed E-state index contributed by atoms with van der Waals surface area (Å²) in [5, 5.41) is 9.64. The van der Waals surface area contributed by atoms with Gasteiger partial charge in [0, 0.05) is 34.7 Å². The van der Waals surface area contributed by atoms with Crippen LogP contribution in [0.4, 0.5) is 0 Å². The molecule has 4 heterocycles. The van der Waals surface area contributed by atoms with E-state index in [2.05, 4.69) is 4.98 Å². The van der Waals surface area contributed by atoms with Gasteiger partial charge >= 0.3 is 35.5 Å². The van der Waals surface area contributed by atoms with E-state index >= 15 is 0 Å². The first-order chi connectivity index (χ1) is 11.8. The zero-order valence-electron chi connectivity index (χ0n) is 15.2. The van der Waals surface area contributed by atoms with E-state index in [1.807, 2.05) is 0 Å². The first kappa shape index (κ1) is 19.8. The summed E-state index contributed by atoms with van der Waals surface area (Å²) in [5.74, 6) is -1.72. The van der Waals surface area contributed by atoms with Crippen molar-refractivity contribution in [3.8, 4) is 0 Å². The van der Waals surface area contributed by atoms with Gasteiger partial charge in [0.15, 0.2) is 0 Å². The number of aromatic nitrogens is 1. The van der Waals surface area contributed by atoms with Crippen LogP contribution in [0.1, 0.15) is 7.85 Å². The van der Waals surface area contributed by atoms with E-state index in [1.165, 1.54) is 21.0 Å². The number of carboxylic acids is 1. The number of pyridine rings is 1. The molecule has 1 aromatic heterocycles. The fourth-order valence-corrected chi connectivity index (χ4v) is 6.04. The fourth-order valence-electron chi connectivity index (χ4n) is 3.83. The van der Waals surface area contributed by atoms with E-state index < -0.39 is 27.9 Å². The number of β-lactam (4-membered cyclic amide) rings is 1. The molecule has 8 nitrogen and oxygen atoms in total. The van der Waals surface area contributed by atoms with Gasteiger partial charge in [0.05, 0.1) is 12.3 Å². The molecule has 0 unspecified atom stereocenters. The number of allylic oxidation sites excluding steroid dienone is 1. The molecule has 0 aliphatic carbocycles. The number of aliphatic carboxylic acids is 1. The van der Waals surface area contributed by atoms with Crippen molar-refractivity contribution in [1.82, 2.24) is 14.2 Å². The van der Waals surface area contributed by atoms with Crippen LogP contribution in [0.25, 0.3) is 0 Å². The van der Waals surface area contributed by atoms with Crippen LogP contribution in [-0.2, 0) is 19.6 Å². The number of carboxylic acid groups (broad SMARTS) is 1. The summed E-state index contributed by atoms with van der Waals surface area (Å²) in [5.41, 5.74) is -0.0281. The quantitative estimate of drug-likeness (QED) is 0.434. The molecule has 11 heteroatoms. The van der Waals surface area contributed by atoms with Gasteiger partial charge in [-0.1, -0.05) is 11.8 Å². The van der Waals surface area contributed by atoms with Crippen LogP contribution in [0.2, 0.25) is 0 Å². The topological polar surface area (TPSA) is 108 Å². The number of amides is 1. The van der Waals surface area contributed by atoms with E-state index in [-0.39, 0.29) is 55.2 Å². The summed E-state index contributed by atoms with van der Waals surface area (Å²) in [6.45, 7) is 0.240. The SMILES string of the molecule is CS(=O)(=O)N1C[C@H]2CC(Sc3ccncc3)=C(C(=O)O)N3C(=O)[C@@H]1[C@@H]23.[H-].[Na+]. The van der Waals surface area contributed by atoms with E-state index in [4.69, 9.17) is 0 Å². The maximum Gasteiger partial charge on any atom is 1.00 e. The first-order valence-electron chi connectivity index (χ1n) is 7.63. The Morgan fingerprint density at radius 2 is 2.04 bits per heavy atom. The van der Waals surface area contributed by atoms with Gasteiger partial charge in [-0.05, 0) is 18.6 Å². The minimum atomic E-state index is -3.51. The molecule has 134 valence electrons. The molecule has 1 N–H and O–H groups in total. The molecule has 0 bridgehead atoms. The monoisotopic (exact) mass is 405 g/mol. The van der Waals surface area contributed by atoms with Gasteiger partial charge in [-0.3, -0.25) is 14.7 Å². The van der Waals surface area contributed by atoms with Crippen molar-refractivity contribution in [2.24, 2.45) is 5.92 Å². The van der Waals surface area contributed by atoms with E-state index in [1.54, 1.807) is 24.5 Å². The second-order valence-electron chi connectivity index (χ2n) is 6.30. The third kappa shape index (κ3) is 3.02. The third-order valence-corrected chi connectivity index (χ3v) is 7.13. The Morgan fingerprint density at radius 1 is 1.38 bits per heavy atom. The third-order valence-electron chi connectivity index (χ3n) is 4.79. The molecule has 0 aromatic carbocycles. The maximum atomic E-state index is 12.5. The van der Waals surface area contributed by atoms with Crippen molar-refractivity contribution in [2.75, 3.05) is 12.8 Å². The normalized spacial score (nSPS) is 27.7. The zero-order valence-corrected chi connectivity index (χ0v) is 17.8. The van der Waals surface area contributed by atoms with Gasteiger partial charge in [0.2, 0.25) is 15.9 Å². The van der Waals surface area contributed by atoms with Crippen LogP contribution in [-0.4, -0.2) is 64.5 Å². The maximum absolute atomic E-state index is 12.5. The molecule has 0 saturated carbocycles. The second kappa shape index (κ2) is 6.92. The molecule has 2 saturated heterocycles. The Balaban J connectivity index is 0.00000131. The Morgan fingerprint density at radius 3 is 2.62 bits per heavy atom. The second-order valence-corrected chi connectivity index (χ2v) is 9.41. The van der Waals surface area contributed by atoms with Gasteiger partial charge < -0.3 is 6.53 Å². The Labute approximate surface area is 178 Å². The van der Waals surface area contributed by atoms with Crippen molar-refractivity contribution in [1.29, 1.82) is 0 Å². The van der Waals surface area contributed by atoms with Gasteiger partial charge in [-0.25, -0.2) is 13.2 Å². The van der Waals surface area contributed by atoms with E-state index in [0.29, 0.717) is 11.3 Å². The fraction of sp³-hybridized carbons (Fsp3) is 0.400. The summed E-state index contributed by atoms with van der Waals surface area (Å²) in [6.07, 6.45) is 4.74. The zero-order chi connectivity index (χ0) is 17.9. The molecule has 1 aromatic rings. The smallest absolute Gasteiger partial charge is 1.00 e. The van der Waals surface area contributed by atoms with Crippen LogP contribution in [0.3, 0.4) is 0 Å². The van der Waals surface area contributed by atoms with Gasteiger partial charge in [-0.2, -0.15) is 4.31 Å². The summed E-state index contributed by atoms with van der Waals surface area (Å²) in [6, 6.07) is 2.39. The van der Waals surface area contributed by atoms with Gasteiger partial charge in [-0.15, -0.1) is 0 Å². The Bertz CT molecular complexity index is 911. The molecule has 3 aliphatic rings. The number of thioether (sulfide) groups is 1. The summed E-state index contributed by atoms with van der Waals surface area (Å²) in [7, 11) is -3.51. The van der Waals surface area contributed by atoms with Crippen LogP contribution >= 0.6 is 11.8 Å². The van der Waals surface area contributed by atoms with E-state index in [0.717, 1.165) is 11.2 Å². The summed E-state index contributed by atoms with van der Waals surface area (Å²) < 4.78 is 25.1. The summed E-state index contributed by atoms with van der Waals surface area (Å²) >= 11 is 1.29. The molecule has 0 radical (unpaired) electrons. The molecule has 3 aliphatic heterocycles. The van der Waals surface area contributed by atoms with Gasteiger partial charge in [0.1, 0.15) is 11.7 Å². The Kier molecular flexibility index (Phi) is 5.28. The largest absolute Gasteiger partial charge is 1.00 e. The number of sulfonamides is 1. The number of rotatable bonds is 4. The van der Waals surface area contributed by atoms with E-state index in [9.17, 15) is 23.1 Å². The predicted molar refractivity (Wildman–Crippen MR) is 89.9 cm³/mol. The predicted octanol–water partition coefficient (Wildman–Crippen LogP) is -2.54. The molecule has 2 fully saturated rings. The molecule has 4 rings (SSSR count). The van der Waals surface area contributed by atoms with Crippen molar-refractivity contribution in [3.05, 3.63) is 35.1 Å². The van der Waals surface area contributed by atoms with Crippen LogP contribution in [0.5, 0.6) is 0 Å². The van der Waals surface area contributed by atoms with Crippen molar-refractivity contribution >= 4 is 33.7 Å². The minimum absolute atomic E-state index is 0. The first-order valence-corrected chi connectivity index (χ1v) is 10.3. The summed E-state index contributed by atoms with van der Waals surface area (Å²) in [4.78, 5) is 30.9. The average molecular weight is 405 g/mol. The standard InChI is InChI=1S/C15H15N3O5S2.Na.H/c1-25(22,23)17-7-8-6-10(24-9-2-4-16-5-3-9)12(15(20)21)18-11(8)13(17)14(18)19;;/h2-5,8,11,13H,6-7H2,1H3,(H,20,21);;/q;+1;-1/t8-,11-,13+;;/m1../s1. The molecule has 1 amide bonds. The van der Waals surface area contributed by atoms with Crippen LogP contribution < -0.4 is 29.6 Å². The van der Waals surface area contributed by atoms with Crippen molar-refractivity contribution < 1.29 is 54.1 Å². The number of hydrogen-bond donors (Lipinski definition) is 1. The van der Waals surface area contributed by atoms with Crippen molar-refractivity contribution in [2.45, 2.75) is 23.4 Å². The number of carbonyl (C=O) groups excluding carboxylic acids is 1.